The fourth-order valence-corrected chi connectivity index (χ4v) is 3.11. The van der Waals surface area contributed by atoms with Crippen molar-refractivity contribution in [2.24, 2.45) is 0 Å². The van der Waals surface area contributed by atoms with Crippen LogP contribution in [0.2, 0.25) is 0 Å². The van der Waals surface area contributed by atoms with Gasteiger partial charge in [0.25, 0.3) is 0 Å². The van der Waals surface area contributed by atoms with Crippen LogP contribution >= 0.6 is 11.8 Å². The molecule has 0 atom stereocenters. The second kappa shape index (κ2) is 5.58. The molecule has 2 heterocycles. The lowest BCUT2D eigenvalue weighted by atomic mass is 10.3. The summed E-state index contributed by atoms with van der Waals surface area (Å²) in [5, 5.41) is 21.4. The van der Waals surface area contributed by atoms with Crippen LogP contribution in [0.15, 0.2) is 28.4 Å². The van der Waals surface area contributed by atoms with Crippen molar-refractivity contribution in [2.45, 2.75) is 41.8 Å². The van der Waals surface area contributed by atoms with E-state index < -0.39 is 5.97 Å². The van der Waals surface area contributed by atoms with Gasteiger partial charge in [-0.1, -0.05) is 12.8 Å². The highest BCUT2D eigenvalue weighted by Gasteiger charge is 2.22. The topological polar surface area (TPSA) is 93.8 Å². The van der Waals surface area contributed by atoms with Crippen LogP contribution < -0.4 is 0 Å². The van der Waals surface area contributed by atoms with Gasteiger partial charge < -0.3 is 5.11 Å². The molecule has 8 heteroatoms. The fourth-order valence-electron chi connectivity index (χ4n) is 2.30. The summed E-state index contributed by atoms with van der Waals surface area (Å²) < 4.78 is 1.86. The molecule has 0 aliphatic heterocycles. The number of pyridine rings is 1. The van der Waals surface area contributed by atoms with E-state index in [1.165, 1.54) is 36.9 Å². The number of rotatable bonds is 4. The fraction of sp³-hybridized carbons (Fsp3) is 0.417. The summed E-state index contributed by atoms with van der Waals surface area (Å²) in [6, 6.07) is 3.57. The van der Waals surface area contributed by atoms with E-state index in [0.717, 1.165) is 22.9 Å². The summed E-state index contributed by atoms with van der Waals surface area (Å²) in [7, 11) is 0. The molecule has 0 amide bonds. The van der Waals surface area contributed by atoms with Gasteiger partial charge >= 0.3 is 5.97 Å². The molecule has 0 spiro atoms. The molecule has 0 unspecified atom stereocenters. The molecule has 2 aromatic rings. The molecule has 0 saturated heterocycles. The molecule has 1 saturated carbocycles. The summed E-state index contributed by atoms with van der Waals surface area (Å²) in [4.78, 5) is 15.5. The Bertz CT molecular complexity index is 607. The molecule has 7 nitrogen and oxygen atoms in total. The first-order valence-corrected chi connectivity index (χ1v) is 7.21. The van der Waals surface area contributed by atoms with Crippen molar-refractivity contribution in [1.29, 1.82) is 0 Å². The summed E-state index contributed by atoms with van der Waals surface area (Å²) in [6.07, 6.45) is 6.17. The Balaban J connectivity index is 1.77. The van der Waals surface area contributed by atoms with E-state index in [4.69, 9.17) is 5.11 Å². The largest absolute Gasteiger partial charge is 0.477 e. The van der Waals surface area contributed by atoms with Gasteiger partial charge in [0.1, 0.15) is 5.69 Å². The normalized spacial score (nSPS) is 15.6. The lowest BCUT2D eigenvalue weighted by Crippen LogP contribution is -2.08. The van der Waals surface area contributed by atoms with Crippen LogP contribution in [0.3, 0.4) is 0 Å². The number of carboxylic acid groups (broad SMARTS) is 1. The Hall–Kier alpha value is -1.96. The SMILES string of the molecule is O=C(O)c1ccc(Sc2nnnn2C2CCCC2)cn1. The maximum absolute atomic E-state index is 10.8. The average molecular weight is 291 g/mol. The van der Waals surface area contributed by atoms with Crippen molar-refractivity contribution in [2.75, 3.05) is 0 Å². The second-order valence-electron chi connectivity index (χ2n) is 4.63. The van der Waals surface area contributed by atoms with Crippen LogP contribution in [-0.4, -0.2) is 36.3 Å². The Morgan fingerprint density at radius 3 is 2.80 bits per heavy atom. The summed E-state index contributed by atoms with van der Waals surface area (Å²) >= 11 is 1.40. The number of hydrogen-bond acceptors (Lipinski definition) is 6. The molecule has 0 aromatic carbocycles. The van der Waals surface area contributed by atoms with Crippen molar-refractivity contribution in [3.8, 4) is 0 Å². The quantitative estimate of drug-likeness (QED) is 0.921. The van der Waals surface area contributed by atoms with Gasteiger partial charge in [0, 0.05) is 11.1 Å². The molecule has 0 bridgehead atoms. The van der Waals surface area contributed by atoms with Crippen LogP contribution in [0.1, 0.15) is 42.2 Å². The van der Waals surface area contributed by atoms with Crippen LogP contribution in [-0.2, 0) is 0 Å². The first-order valence-electron chi connectivity index (χ1n) is 6.39. The lowest BCUT2D eigenvalue weighted by molar-refractivity contribution is 0.0690. The number of carbonyl (C=O) groups is 1. The highest BCUT2D eigenvalue weighted by molar-refractivity contribution is 7.99. The number of nitrogens with zero attached hydrogens (tertiary/aromatic N) is 5. The molecule has 1 aliphatic rings. The minimum absolute atomic E-state index is 0.0322. The number of aromatic nitrogens is 5. The summed E-state index contributed by atoms with van der Waals surface area (Å²) in [5.41, 5.74) is 0.0322. The maximum Gasteiger partial charge on any atom is 0.354 e. The highest BCUT2D eigenvalue weighted by atomic mass is 32.2. The van der Waals surface area contributed by atoms with Gasteiger partial charge in [-0.15, -0.1) is 5.10 Å². The van der Waals surface area contributed by atoms with Crippen LogP contribution in [0.5, 0.6) is 0 Å². The van der Waals surface area contributed by atoms with Gasteiger partial charge in [0.05, 0.1) is 6.04 Å². The van der Waals surface area contributed by atoms with Gasteiger partial charge in [-0.3, -0.25) is 0 Å². The summed E-state index contributed by atoms with van der Waals surface area (Å²) in [6.45, 7) is 0. The molecule has 2 aromatic heterocycles. The number of hydrogen-bond donors (Lipinski definition) is 1. The van der Waals surface area contributed by atoms with E-state index in [1.807, 2.05) is 4.68 Å². The van der Waals surface area contributed by atoms with E-state index in [0.29, 0.717) is 6.04 Å². The zero-order valence-corrected chi connectivity index (χ0v) is 11.5. The molecular weight excluding hydrogens is 278 g/mol. The second-order valence-corrected chi connectivity index (χ2v) is 5.67. The minimum Gasteiger partial charge on any atom is -0.477 e. The maximum atomic E-state index is 10.8. The van der Waals surface area contributed by atoms with Crippen molar-refractivity contribution in [1.82, 2.24) is 25.2 Å². The third-order valence-electron chi connectivity index (χ3n) is 3.30. The van der Waals surface area contributed by atoms with Gasteiger partial charge in [-0.25, -0.2) is 14.5 Å². The lowest BCUT2D eigenvalue weighted by Gasteiger charge is -2.10. The molecule has 3 rings (SSSR count). The van der Waals surface area contributed by atoms with Gasteiger partial charge in [0.2, 0.25) is 5.16 Å². The van der Waals surface area contributed by atoms with Crippen molar-refractivity contribution < 1.29 is 9.90 Å². The zero-order valence-electron chi connectivity index (χ0n) is 10.6. The summed E-state index contributed by atoms with van der Waals surface area (Å²) in [5.74, 6) is -1.03. The monoisotopic (exact) mass is 291 g/mol. The zero-order chi connectivity index (χ0) is 13.9. The van der Waals surface area contributed by atoms with Crippen LogP contribution in [0, 0.1) is 0 Å². The molecule has 0 radical (unpaired) electrons. The van der Waals surface area contributed by atoms with E-state index in [-0.39, 0.29) is 5.69 Å². The molecule has 104 valence electrons. The van der Waals surface area contributed by atoms with Crippen LogP contribution in [0.4, 0.5) is 0 Å². The van der Waals surface area contributed by atoms with Crippen molar-refractivity contribution in [3.05, 3.63) is 24.0 Å². The standard InChI is InChI=1S/C12H13N5O2S/c18-11(19)10-6-5-9(7-13-10)20-12-14-15-16-17(12)8-3-1-2-4-8/h5-8H,1-4H2,(H,18,19). The number of carboxylic acids is 1. The van der Waals surface area contributed by atoms with Crippen molar-refractivity contribution >= 4 is 17.7 Å². The Morgan fingerprint density at radius 1 is 1.35 bits per heavy atom. The van der Waals surface area contributed by atoms with E-state index in [9.17, 15) is 4.79 Å². The Kier molecular flexibility index (Phi) is 3.64. The van der Waals surface area contributed by atoms with Crippen LogP contribution in [0.25, 0.3) is 0 Å². The predicted octanol–water partition coefficient (Wildman–Crippen LogP) is 2.03. The third kappa shape index (κ3) is 2.64. The number of tetrazole rings is 1. The van der Waals surface area contributed by atoms with Gasteiger partial charge in [-0.05, 0) is 47.2 Å². The number of aromatic carboxylic acids is 1. The molecule has 20 heavy (non-hydrogen) atoms. The highest BCUT2D eigenvalue weighted by Crippen LogP contribution is 2.33. The van der Waals surface area contributed by atoms with E-state index >= 15 is 0 Å². The Morgan fingerprint density at radius 2 is 2.15 bits per heavy atom. The average Bonchev–Trinajstić information content (AvgIpc) is 3.09. The molecule has 1 N–H and O–H groups in total. The Labute approximate surface area is 119 Å². The van der Waals surface area contributed by atoms with E-state index in [2.05, 4.69) is 20.5 Å². The van der Waals surface area contributed by atoms with Gasteiger partial charge in [0.15, 0.2) is 0 Å². The third-order valence-corrected chi connectivity index (χ3v) is 4.23. The first kappa shape index (κ1) is 13.0. The first-order chi connectivity index (χ1) is 9.74. The smallest absolute Gasteiger partial charge is 0.354 e. The van der Waals surface area contributed by atoms with E-state index in [1.54, 1.807) is 6.07 Å². The molecule has 1 fully saturated rings. The van der Waals surface area contributed by atoms with Crippen molar-refractivity contribution in [3.63, 3.8) is 0 Å². The predicted molar refractivity (Wildman–Crippen MR) is 70.6 cm³/mol. The molecular formula is C12H13N5O2S. The van der Waals surface area contributed by atoms with Gasteiger partial charge in [-0.2, -0.15) is 0 Å². The molecule has 1 aliphatic carbocycles. The minimum atomic E-state index is -1.03.